The number of hydrogen-bond acceptors (Lipinski definition) is 7. The van der Waals surface area contributed by atoms with E-state index in [1.807, 2.05) is 18.2 Å². The minimum Gasteiger partial charge on any atom is -0.493 e. The highest BCUT2D eigenvalue weighted by molar-refractivity contribution is 14.1. The molecule has 0 saturated carbocycles. The van der Waals surface area contributed by atoms with E-state index in [0.717, 1.165) is 16.7 Å². The predicted molar refractivity (Wildman–Crippen MR) is 131 cm³/mol. The molecule has 2 aromatic rings. The van der Waals surface area contributed by atoms with Gasteiger partial charge in [-0.3, -0.25) is 19.3 Å². The van der Waals surface area contributed by atoms with Gasteiger partial charge in [0.1, 0.15) is 0 Å². The molecular formula is C22H21IN2O6S. The van der Waals surface area contributed by atoms with Gasteiger partial charge in [-0.2, -0.15) is 0 Å². The second kappa shape index (κ2) is 11.3. The van der Waals surface area contributed by atoms with Gasteiger partial charge >= 0.3 is 0 Å². The predicted octanol–water partition coefficient (Wildman–Crippen LogP) is 4.00. The smallest absolute Gasteiger partial charge is 0.293 e. The summed E-state index contributed by atoms with van der Waals surface area (Å²) in [6.45, 7) is 0.289. The molecule has 32 heavy (non-hydrogen) atoms. The number of hydrogen-bond donors (Lipinski definition) is 1. The molecule has 0 bridgehead atoms. The van der Waals surface area contributed by atoms with Gasteiger partial charge in [0.25, 0.3) is 17.1 Å². The number of ether oxygens (including phenoxy) is 3. The van der Waals surface area contributed by atoms with E-state index >= 15 is 0 Å². The average molecular weight is 568 g/mol. The van der Waals surface area contributed by atoms with Crippen LogP contribution in [-0.2, 0) is 14.3 Å². The molecule has 168 valence electrons. The standard InChI is InChI=1S/C22H21IN2O6S/c1-29-9-8-25-21(27)18(32-22(25)28)12-14-10-16(23)20(17(11-14)30-2)31-13-19(26)24-15-6-4-3-5-7-15/h3-7,10-12H,8-9,13H2,1-2H3,(H,24,26)/b18-12+. The summed E-state index contributed by atoms with van der Waals surface area (Å²) >= 11 is 2.95. The molecule has 1 N–H and O–H groups in total. The number of nitrogens with zero attached hydrogens (tertiary/aromatic N) is 1. The van der Waals surface area contributed by atoms with Gasteiger partial charge in [0.15, 0.2) is 18.1 Å². The Morgan fingerprint density at radius 1 is 1.19 bits per heavy atom. The van der Waals surface area contributed by atoms with Crippen LogP contribution in [0.2, 0.25) is 0 Å². The van der Waals surface area contributed by atoms with Gasteiger partial charge in [-0.25, -0.2) is 0 Å². The lowest BCUT2D eigenvalue weighted by Crippen LogP contribution is -2.31. The molecule has 1 aliphatic rings. The topological polar surface area (TPSA) is 94.2 Å². The zero-order valence-corrected chi connectivity index (χ0v) is 20.4. The van der Waals surface area contributed by atoms with E-state index in [-0.39, 0.29) is 36.8 Å². The number of halogens is 1. The zero-order valence-electron chi connectivity index (χ0n) is 17.4. The molecule has 0 unspecified atom stereocenters. The van der Waals surface area contributed by atoms with Crippen molar-refractivity contribution < 1.29 is 28.6 Å². The number of amides is 3. The summed E-state index contributed by atoms with van der Waals surface area (Å²) < 4.78 is 16.8. The van der Waals surface area contributed by atoms with Gasteiger partial charge in [-0.1, -0.05) is 18.2 Å². The van der Waals surface area contributed by atoms with E-state index < -0.39 is 0 Å². The molecule has 3 rings (SSSR count). The van der Waals surface area contributed by atoms with Crippen LogP contribution in [0.5, 0.6) is 11.5 Å². The van der Waals surface area contributed by atoms with E-state index in [9.17, 15) is 14.4 Å². The number of rotatable bonds is 9. The third kappa shape index (κ3) is 6.02. The van der Waals surface area contributed by atoms with Gasteiger partial charge < -0.3 is 19.5 Å². The molecule has 0 atom stereocenters. The lowest BCUT2D eigenvalue weighted by molar-refractivity contribution is -0.123. The maximum atomic E-state index is 12.5. The summed E-state index contributed by atoms with van der Waals surface area (Å²) in [5.41, 5.74) is 1.35. The fourth-order valence-electron chi connectivity index (χ4n) is 2.85. The lowest BCUT2D eigenvalue weighted by Gasteiger charge is -2.14. The van der Waals surface area contributed by atoms with Crippen molar-refractivity contribution in [2.24, 2.45) is 0 Å². The summed E-state index contributed by atoms with van der Waals surface area (Å²) in [6.07, 6.45) is 1.63. The van der Waals surface area contributed by atoms with Crippen LogP contribution < -0.4 is 14.8 Å². The van der Waals surface area contributed by atoms with E-state index in [2.05, 4.69) is 27.9 Å². The summed E-state index contributed by atoms with van der Waals surface area (Å²) in [5, 5.41) is 2.42. The number of carbonyl (C=O) groups excluding carboxylic acids is 3. The van der Waals surface area contributed by atoms with Crippen molar-refractivity contribution in [2.75, 3.05) is 39.3 Å². The second-order valence-electron chi connectivity index (χ2n) is 6.56. The number of nitrogens with one attached hydrogen (secondary N) is 1. The number of methoxy groups -OCH3 is 2. The highest BCUT2D eigenvalue weighted by Crippen LogP contribution is 2.37. The van der Waals surface area contributed by atoms with Gasteiger partial charge in [0, 0.05) is 12.8 Å². The summed E-state index contributed by atoms with van der Waals surface area (Å²) in [4.78, 5) is 38.3. The first-order valence-electron chi connectivity index (χ1n) is 9.52. The van der Waals surface area contributed by atoms with Crippen LogP contribution >= 0.6 is 34.4 Å². The van der Waals surface area contributed by atoms with E-state index in [4.69, 9.17) is 14.2 Å². The highest BCUT2D eigenvalue weighted by atomic mass is 127. The maximum Gasteiger partial charge on any atom is 0.293 e. The molecule has 2 aromatic carbocycles. The van der Waals surface area contributed by atoms with Crippen molar-refractivity contribution in [2.45, 2.75) is 0 Å². The van der Waals surface area contributed by atoms with E-state index in [0.29, 0.717) is 31.2 Å². The van der Waals surface area contributed by atoms with Crippen LogP contribution in [0.25, 0.3) is 6.08 Å². The van der Waals surface area contributed by atoms with Crippen molar-refractivity contribution >= 4 is 63.2 Å². The number of benzene rings is 2. The minimum absolute atomic E-state index is 0.195. The van der Waals surface area contributed by atoms with E-state index in [1.165, 1.54) is 14.2 Å². The minimum atomic E-state index is -0.357. The number of imide groups is 1. The average Bonchev–Trinajstić information content (AvgIpc) is 3.04. The van der Waals surface area contributed by atoms with Crippen molar-refractivity contribution in [1.29, 1.82) is 0 Å². The third-order valence-electron chi connectivity index (χ3n) is 4.35. The monoisotopic (exact) mass is 568 g/mol. The molecule has 1 aliphatic heterocycles. The second-order valence-corrected chi connectivity index (χ2v) is 8.72. The molecule has 0 radical (unpaired) electrons. The molecule has 1 heterocycles. The molecule has 1 fully saturated rings. The zero-order chi connectivity index (χ0) is 23.1. The van der Waals surface area contributed by atoms with Crippen LogP contribution in [0.15, 0.2) is 47.4 Å². The first-order chi connectivity index (χ1) is 15.4. The molecule has 3 amide bonds. The quantitative estimate of drug-likeness (QED) is 0.361. The van der Waals surface area contributed by atoms with E-state index in [1.54, 1.807) is 30.3 Å². The Kier molecular flexibility index (Phi) is 8.53. The number of para-hydroxylation sites is 1. The summed E-state index contributed by atoms with van der Waals surface area (Å²) in [7, 11) is 3.00. The Morgan fingerprint density at radius 2 is 1.94 bits per heavy atom. The van der Waals surface area contributed by atoms with Gasteiger partial charge in [-0.15, -0.1) is 0 Å². The Hall–Kier alpha value is -2.57. The van der Waals surface area contributed by atoms with Crippen LogP contribution in [0, 0.1) is 3.57 Å². The Morgan fingerprint density at radius 3 is 2.62 bits per heavy atom. The molecule has 0 aromatic heterocycles. The largest absolute Gasteiger partial charge is 0.493 e. The van der Waals surface area contributed by atoms with Crippen LogP contribution in [0.1, 0.15) is 5.56 Å². The maximum absolute atomic E-state index is 12.5. The molecule has 10 heteroatoms. The first-order valence-corrected chi connectivity index (χ1v) is 11.4. The summed E-state index contributed by atoms with van der Waals surface area (Å²) in [5.74, 6) is 0.169. The fraction of sp³-hybridized carbons (Fsp3) is 0.227. The molecule has 0 aliphatic carbocycles. The van der Waals surface area contributed by atoms with Gasteiger partial charge in [-0.05, 0) is 70.3 Å². The SMILES string of the molecule is COCCN1C(=O)S/C(=C/c2cc(I)c(OCC(=O)Nc3ccccc3)c(OC)c2)C1=O. The Labute approximate surface area is 203 Å². The van der Waals surface area contributed by atoms with Crippen molar-refractivity contribution in [3.63, 3.8) is 0 Å². The van der Waals surface area contributed by atoms with Crippen LogP contribution in [-0.4, -0.2) is 55.9 Å². The number of carbonyl (C=O) groups is 3. The Bertz CT molecular complexity index is 1040. The van der Waals surface area contributed by atoms with Crippen molar-refractivity contribution in [3.05, 3.63) is 56.5 Å². The van der Waals surface area contributed by atoms with Crippen LogP contribution in [0.4, 0.5) is 10.5 Å². The lowest BCUT2D eigenvalue weighted by atomic mass is 10.2. The highest BCUT2D eigenvalue weighted by Gasteiger charge is 2.34. The fourth-order valence-corrected chi connectivity index (χ4v) is 4.49. The molecule has 8 nitrogen and oxygen atoms in total. The summed E-state index contributed by atoms with van der Waals surface area (Å²) in [6, 6.07) is 12.6. The molecule has 0 spiro atoms. The Balaban J connectivity index is 1.72. The third-order valence-corrected chi connectivity index (χ3v) is 6.06. The van der Waals surface area contributed by atoms with Crippen molar-refractivity contribution in [1.82, 2.24) is 4.90 Å². The first kappa shape index (κ1) is 24.1. The number of thioether (sulfide) groups is 1. The molecular weight excluding hydrogens is 547 g/mol. The molecule has 1 saturated heterocycles. The number of anilines is 1. The van der Waals surface area contributed by atoms with Crippen LogP contribution in [0.3, 0.4) is 0 Å². The van der Waals surface area contributed by atoms with Crippen molar-refractivity contribution in [3.8, 4) is 11.5 Å². The van der Waals surface area contributed by atoms with Gasteiger partial charge in [0.05, 0.1) is 28.7 Å². The van der Waals surface area contributed by atoms with Gasteiger partial charge in [0.2, 0.25) is 0 Å². The normalized spacial score (nSPS) is 14.7.